The molecule has 0 saturated carbocycles. The molecule has 1 saturated heterocycles. The Morgan fingerprint density at radius 2 is 1.82 bits per heavy atom. The van der Waals surface area contributed by atoms with Crippen LogP contribution in [0.15, 0.2) is 40.1 Å². The second-order valence-electron chi connectivity index (χ2n) is 7.00. The summed E-state index contributed by atoms with van der Waals surface area (Å²) in [4.78, 5) is 32.6. The van der Waals surface area contributed by atoms with Crippen molar-refractivity contribution in [3.63, 3.8) is 0 Å². The van der Waals surface area contributed by atoms with Gasteiger partial charge in [-0.15, -0.1) is 0 Å². The third-order valence-electron chi connectivity index (χ3n) is 5.21. The average Bonchev–Trinajstić information content (AvgIpc) is 2.72. The quantitative estimate of drug-likeness (QED) is 0.469. The first-order valence-electron chi connectivity index (χ1n) is 9.60. The lowest BCUT2D eigenvalue weighted by Crippen LogP contribution is -2.51. The van der Waals surface area contributed by atoms with Crippen molar-refractivity contribution in [2.75, 3.05) is 42.6 Å². The Morgan fingerprint density at radius 1 is 1.07 bits per heavy atom. The number of piperazine rings is 1. The van der Waals surface area contributed by atoms with E-state index in [4.69, 9.17) is 16.3 Å². The minimum atomic E-state index is -0.495. The summed E-state index contributed by atoms with van der Waals surface area (Å²) in [7, 11) is 0. The molecule has 2 aromatic carbocycles. The number of nitrogens with zero attached hydrogens (tertiary/aromatic N) is 3. The second-order valence-corrected chi connectivity index (χ2v) is 7.44. The fourth-order valence-corrected chi connectivity index (χ4v) is 3.82. The van der Waals surface area contributed by atoms with Crippen LogP contribution in [0.1, 0.15) is 19.8 Å². The fraction of sp³-hybridized carbons (Fsp3) is 0.381. The smallest absolute Gasteiger partial charge is 0.272 e. The van der Waals surface area contributed by atoms with Crippen LogP contribution in [0, 0.1) is 0 Å². The molecule has 3 aromatic rings. The lowest BCUT2D eigenvalue weighted by Gasteiger charge is -2.38. The summed E-state index contributed by atoms with van der Waals surface area (Å²) in [5.74, 6) is 0.246. The Morgan fingerprint density at radius 3 is 2.57 bits per heavy atom. The van der Waals surface area contributed by atoms with Gasteiger partial charge in [-0.2, -0.15) is 0 Å². The molecular formula is C21H22ClN3O3. The van der Waals surface area contributed by atoms with Crippen LogP contribution in [0.5, 0.6) is 5.75 Å². The highest BCUT2D eigenvalue weighted by Crippen LogP contribution is 2.30. The molecule has 1 aliphatic heterocycles. The van der Waals surface area contributed by atoms with Gasteiger partial charge in [-0.1, -0.05) is 24.9 Å². The summed E-state index contributed by atoms with van der Waals surface area (Å²) in [6.45, 7) is 5.34. The van der Waals surface area contributed by atoms with Crippen LogP contribution in [-0.4, -0.2) is 37.8 Å². The van der Waals surface area contributed by atoms with E-state index in [1.165, 1.54) is 0 Å². The summed E-state index contributed by atoms with van der Waals surface area (Å²) in [6, 6.07) is 7.72. The van der Waals surface area contributed by atoms with E-state index in [9.17, 15) is 9.59 Å². The summed E-state index contributed by atoms with van der Waals surface area (Å²) < 4.78 is 5.58. The van der Waals surface area contributed by atoms with Crippen molar-refractivity contribution in [2.45, 2.75) is 19.8 Å². The molecule has 4 rings (SSSR count). The molecule has 28 heavy (non-hydrogen) atoms. The molecule has 0 radical (unpaired) electrons. The summed E-state index contributed by atoms with van der Waals surface area (Å²) >= 11 is 6.08. The zero-order chi connectivity index (χ0) is 19.7. The van der Waals surface area contributed by atoms with E-state index in [1.807, 2.05) is 29.2 Å². The van der Waals surface area contributed by atoms with Gasteiger partial charge in [0.1, 0.15) is 5.69 Å². The molecule has 7 heteroatoms. The highest BCUT2D eigenvalue weighted by atomic mass is 35.5. The van der Waals surface area contributed by atoms with Gasteiger partial charge in [0.15, 0.2) is 5.75 Å². The van der Waals surface area contributed by atoms with E-state index in [-0.39, 0.29) is 5.75 Å². The van der Waals surface area contributed by atoms with Gasteiger partial charge >= 0.3 is 0 Å². The molecule has 0 spiro atoms. The zero-order valence-corrected chi connectivity index (χ0v) is 16.5. The zero-order valence-electron chi connectivity index (χ0n) is 15.8. The number of hydrogen-bond acceptors (Lipinski definition) is 6. The Hall–Kier alpha value is -2.60. The highest BCUT2D eigenvalue weighted by molar-refractivity contribution is 6.31. The van der Waals surface area contributed by atoms with Crippen LogP contribution >= 0.6 is 11.6 Å². The van der Waals surface area contributed by atoms with Crippen molar-refractivity contribution in [1.82, 2.24) is 4.98 Å². The van der Waals surface area contributed by atoms with Crippen LogP contribution in [0.3, 0.4) is 0 Å². The number of ether oxygens (including phenoxy) is 1. The van der Waals surface area contributed by atoms with E-state index in [1.54, 1.807) is 6.20 Å². The molecule has 0 N–H and O–H groups in total. The van der Waals surface area contributed by atoms with Gasteiger partial charge in [0.25, 0.3) is 10.9 Å². The van der Waals surface area contributed by atoms with Crippen LogP contribution in [0.2, 0.25) is 5.02 Å². The van der Waals surface area contributed by atoms with Crippen molar-refractivity contribution in [3.05, 3.63) is 55.9 Å². The van der Waals surface area contributed by atoms with Crippen LogP contribution < -0.4 is 25.4 Å². The summed E-state index contributed by atoms with van der Waals surface area (Å²) in [6.07, 6.45) is 3.64. The topological polar surface area (TPSA) is 62.7 Å². The number of rotatable bonds is 6. The van der Waals surface area contributed by atoms with Gasteiger partial charge in [0, 0.05) is 48.5 Å². The van der Waals surface area contributed by atoms with E-state index < -0.39 is 10.9 Å². The standard InChI is InChI=1S/C21H22ClN3O3/c1-2-3-12-28-21-18(19(26)20(21)27)25-10-8-24(9-11-25)17-6-7-23-16-13-14(22)4-5-15(16)17/h4-7,13H,2-3,8-12H2,1H3. The minimum Gasteiger partial charge on any atom is -0.487 e. The molecule has 1 fully saturated rings. The van der Waals surface area contributed by atoms with Gasteiger partial charge in [-0.3, -0.25) is 14.6 Å². The van der Waals surface area contributed by atoms with Gasteiger partial charge in [-0.25, -0.2) is 0 Å². The number of hydrogen-bond donors (Lipinski definition) is 0. The Labute approximate surface area is 168 Å². The maximum Gasteiger partial charge on any atom is 0.272 e. The maximum atomic E-state index is 12.1. The Bertz CT molecular complexity index is 1070. The van der Waals surface area contributed by atoms with E-state index in [2.05, 4.69) is 16.8 Å². The lowest BCUT2D eigenvalue weighted by atomic mass is 10.1. The largest absolute Gasteiger partial charge is 0.487 e. The number of pyridine rings is 1. The average molecular weight is 400 g/mol. The molecule has 0 unspecified atom stereocenters. The SMILES string of the molecule is CCCCOc1c(N2CCN(c3ccnc4cc(Cl)ccc34)CC2)c(=O)c1=O. The van der Waals surface area contributed by atoms with Crippen molar-refractivity contribution in [1.29, 1.82) is 0 Å². The first-order valence-corrected chi connectivity index (χ1v) is 9.98. The second kappa shape index (κ2) is 7.80. The number of unbranched alkanes of at least 4 members (excludes halogenated alkanes) is 1. The van der Waals surface area contributed by atoms with Crippen molar-refractivity contribution in [2.24, 2.45) is 0 Å². The molecule has 1 aliphatic rings. The van der Waals surface area contributed by atoms with Crippen molar-refractivity contribution in [3.8, 4) is 5.75 Å². The van der Waals surface area contributed by atoms with Crippen LogP contribution in [0.4, 0.5) is 11.4 Å². The van der Waals surface area contributed by atoms with E-state index >= 15 is 0 Å². The molecule has 0 bridgehead atoms. The third-order valence-corrected chi connectivity index (χ3v) is 5.44. The van der Waals surface area contributed by atoms with E-state index in [0.29, 0.717) is 30.4 Å². The Kier molecular flexibility index (Phi) is 5.22. The van der Waals surface area contributed by atoms with Crippen molar-refractivity contribution >= 4 is 33.9 Å². The number of benzene rings is 1. The van der Waals surface area contributed by atoms with Crippen LogP contribution in [-0.2, 0) is 0 Å². The molecule has 6 nitrogen and oxygen atoms in total. The normalized spacial score (nSPS) is 14.8. The third kappa shape index (κ3) is 3.33. The number of fused-ring (bicyclic) bond motifs is 1. The fourth-order valence-electron chi connectivity index (χ4n) is 3.65. The van der Waals surface area contributed by atoms with E-state index in [0.717, 1.165) is 42.5 Å². The predicted molar refractivity (Wildman–Crippen MR) is 113 cm³/mol. The molecule has 2 heterocycles. The highest BCUT2D eigenvalue weighted by Gasteiger charge is 2.30. The first-order chi connectivity index (χ1) is 13.6. The molecule has 0 amide bonds. The maximum absolute atomic E-state index is 12.1. The number of anilines is 2. The monoisotopic (exact) mass is 399 g/mol. The summed E-state index contributed by atoms with van der Waals surface area (Å²) in [5.41, 5.74) is 1.49. The molecule has 1 aromatic heterocycles. The van der Waals surface area contributed by atoms with Crippen LogP contribution in [0.25, 0.3) is 10.9 Å². The first kappa shape index (κ1) is 18.7. The molecule has 146 valence electrons. The summed E-state index contributed by atoms with van der Waals surface area (Å²) in [5, 5.41) is 1.72. The minimum absolute atomic E-state index is 0.246. The lowest BCUT2D eigenvalue weighted by molar-refractivity contribution is 0.303. The number of aromatic nitrogens is 1. The molecular weight excluding hydrogens is 378 g/mol. The van der Waals surface area contributed by atoms with Crippen molar-refractivity contribution < 1.29 is 4.74 Å². The van der Waals surface area contributed by atoms with Gasteiger partial charge < -0.3 is 14.5 Å². The predicted octanol–water partition coefficient (Wildman–Crippen LogP) is 2.99. The molecule has 0 aliphatic carbocycles. The van der Waals surface area contributed by atoms with Gasteiger partial charge in [0.05, 0.1) is 12.1 Å². The number of halogens is 1. The van der Waals surface area contributed by atoms with Gasteiger partial charge in [-0.05, 0) is 30.7 Å². The van der Waals surface area contributed by atoms with Gasteiger partial charge in [0.2, 0.25) is 0 Å². The Balaban J connectivity index is 1.50. The molecule has 0 atom stereocenters.